The van der Waals surface area contributed by atoms with Gasteiger partial charge in [0, 0.05) is 16.8 Å². The van der Waals surface area contributed by atoms with Gasteiger partial charge in [0.2, 0.25) is 5.65 Å². The molecule has 0 aliphatic heterocycles. The van der Waals surface area contributed by atoms with E-state index >= 15 is 0 Å². The highest BCUT2D eigenvalue weighted by atomic mass is 35.5. The van der Waals surface area contributed by atoms with Crippen molar-refractivity contribution in [2.45, 2.75) is 0 Å². The van der Waals surface area contributed by atoms with E-state index in [1.165, 1.54) is 0 Å². The molecule has 0 aliphatic rings. The number of nitrogens with one attached hydrogen (secondary N) is 1. The number of fused-ring (bicyclic) bond motifs is 3. The average molecular weight is 296 g/mol. The Balaban J connectivity index is 2.08. The van der Waals surface area contributed by atoms with E-state index in [9.17, 15) is 4.79 Å². The quantitative estimate of drug-likeness (QED) is 0.584. The number of imidazole rings is 1. The maximum absolute atomic E-state index is 12.1. The fourth-order valence-electron chi connectivity index (χ4n) is 2.48. The zero-order valence-corrected chi connectivity index (χ0v) is 11.6. The van der Waals surface area contributed by atoms with Gasteiger partial charge in [0.1, 0.15) is 0 Å². The summed E-state index contributed by atoms with van der Waals surface area (Å²) >= 11 is 6.02. The summed E-state index contributed by atoms with van der Waals surface area (Å²) in [5, 5.41) is 0.642. The van der Waals surface area contributed by atoms with Gasteiger partial charge in [0.25, 0.3) is 5.56 Å². The van der Waals surface area contributed by atoms with Crippen molar-refractivity contribution >= 4 is 28.3 Å². The molecule has 5 heteroatoms. The Morgan fingerprint density at radius 3 is 2.81 bits per heavy atom. The second kappa shape index (κ2) is 4.46. The fraction of sp³-hybridized carbons (Fsp3) is 0. The van der Waals surface area contributed by atoms with Gasteiger partial charge >= 0.3 is 0 Å². The van der Waals surface area contributed by atoms with Gasteiger partial charge in [-0.2, -0.15) is 0 Å². The van der Waals surface area contributed by atoms with Gasteiger partial charge in [-0.15, -0.1) is 0 Å². The summed E-state index contributed by atoms with van der Waals surface area (Å²) in [5.74, 6) is 0. The topological polar surface area (TPSA) is 50.2 Å². The molecule has 4 nitrogen and oxygen atoms in total. The van der Waals surface area contributed by atoms with Crippen molar-refractivity contribution < 1.29 is 0 Å². The van der Waals surface area contributed by atoms with E-state index < -0.39 is 0 Å². The van der Waals surface area contributed by atoms with Crippen LogP contribution in [0, 0.1) is 0 Å². The van der Waals surface area contributed by atoms with Crippen molar-refractivity contribution in [1.82, 2.24) is 14.4 Å². The predicted molar refractivity (Wildman–Crippen MR) is 83.8 cm³/mol. The largest absolute Gasteiger partial charge is 0.317 e. The molecule has 4 aromatic rings. The van der Waals surface area contributed by atoms with E-state index in [1.807, 2.05) is 59.1 Å². The van der Waals surface area contributed by atoms with Crippen LogP contribution in [-0.2, 0) is 0 Å². The molecule has 0 fully saturated rings. The molecule has 0 saturated carbocycles. The standard InChI is InChI=1S/C16H10ClN3O/c17-11-5-3-4-10(8-11)13-9-20-14-7-2-1-6-12(14)19-16(21)15(20)18-13/h1-9H,(H,19,21). The van der Waals surface area contributed by atoms with Crippen molar-refractivity contribution in [3.63, 3.8) is 0 Å². The molecule has 0 aliphatic carbocycles. The van der Waals surface area contributed by atoms with E-state index in [0.717, 1.165) is 22.3 Å². The number of halogens is 1. The van der Waals surface area contributed by atoms with Crippen LogP contribution in [0.15, 0.2) is 59.5 Å². The summed E-state index contributed by atoms with van der Waals surface area (Å²) in [4.78, 5) is 19.4. The number of rotatable bonds is 1. The monoisotopic (exact) mass is 295 g/mol. The lowest BCUT2D eigenvalue weighted by atomic mass is 10.2. The second-order valence-electron chi connectivity index (χ2n) is 4.80. The lowest BCUT2D eigenvalue weighted by Crippen LogP contribution is -2.10. The smallest absolute Gasteiger partial charge is 0.292 e. The molecule has 21 heavy (non-hydrogen) atoms. The second-order valence-corrected chi connectivity index (χ2v) is 5.24. The summed E-state index contributed by atoms with van der Waals surface area (Å²) in [7, 11) is 0. The Labute approximate surface area is 124 Å². The van der Waals surface area contributed by atoms with Crippen molar-refractivity contribution in [3.05, 3.63) is 70.1 Å². The molecule has 102 valence electrons. The Morgan fingerprint density at radius 2 is 1.95 bits per heavy atom. The molecule has 0 radical (unpaired) electrons. The lowest BCUT2D eigenvalue weighted by Gasteiger charge is -2.00. The average Bonchev–Trinajstić information content (AvgIpc) is 2.93. The first-order valence-corrected chi connectivity index (χ1v) is 6.86. The molecule has 2 heterocycles. The number of aromatic nitrogens is 3. The minimum absolute atomic E-state index is 0.207. The Bertz CT molecular complexity index is 1030. The van der Waals surface area contributed by atoms with Crippen LogP contribution in [0.25, 0.3) is 27.9 Å². The molecule has 0 bridgehead atoms. The van der Waals surface area contributed by atoms with E-state index in [-0.39, 0.29) is 5.56 Å². The van der Waals surface area contributed by atoms with Gasteiger partial charge < -0.3 is 4.98 Å². The number of nitrogens with zero attached hydrogens (tertiary/aromatic N) is 2. The number of hydrogen-bond donors (Lipinski definition) is 1. The van der Waals surface area contributed by atoms with Crippen LogP contribution < -0.4 is 5.56 Å². The van der Waals surface area contributed by atoms with E-state index in [4.69, 9.17) is 11.6 Å². The van der Waals surface area contributed by atoms with Gasteiger partial charge in [0.15, 0.2) is 0 Å². The maximum atomic E-state index is 12.1. The third kappa shape index (κ3) is 1.92. The molecular formula is C16H10ClN3O. The molecule has 0 atom stereocenters. The number of benzene rings is 2. The summed E-state index contributed by atoms with van der Waals surface area (Å²) in [6.45, 7) is 0. The predicted octanol–water partition coefficient (Wildman–Crippen LogP) is 3.50. The number of aromatic amines is 1. The van der Waals surface area contributed by atoms with Crippen LogP contribution in [-0.4, -0.2) is 14.4 Å². The van der Waals surface area contributed by atoms with Gasteiger partial charge in [-0.1, -0.05) is 35.9 Å². The Kier molecular flexibility index (Phi) is 2.59. The van der Waals surface area contributed by atoms with E-state index in [1.54, 1.807) is 0 Å². The first-order chi connectivity index (χ1) is 10.2. The van der Waals surface area contributed by atoms with Gasteiger partial charge in [-0.05, 0) is 24.3 Å². The van der Waals surface area contributed by atoms with Crippen LogP contribution in [0.4, 0.5) is 0 Å². The minimum atomic E-state index is -0.207. The zero-order valence-electron chi connectivity index (χ0n) is 10.9. The van der Waals surface area contributed by atoms with Crippen LogP contribution in [0.5, 0.6) is 0 Å². The Hall–Kier alpha value is -2.59. The lowest BCUT2D eigenvalue weighted by molar-refractivity contribution is 1.17. The highest BCUT2D eigenvalue weighted by molar-refractivity contribution is 6.30. The SMILES string of the molecule is O=c1[nH]c2ccccc2n2cc(-c3cccc(Cl)c3)nc12. The van der Waals surface area contributed by atoms with Crippen molar-refractivity contribution in [2.75, 3.05) is 0 Å². The Morgan fingerprint density at radius 1 is 1.10 bits per heavy atom. The fourth-order valence-corrected chi connectivity index (χ4v) is 2.67. The number of H-pyrrole nitrogens is 1. The van der Waals surface area contributed by atoms with Crippen LogP contribution in [0.2, 0.25) is 5.02 Å². The molecule has 4 rings (SSSR count). The maximum Gasteiger partial charge on any atom is 0.292 e. The van der Waals surface area contributed by atoms with E-state index in [2.05, 4.69) is 9.97 Å². The minimum Gasteiger partial charge on any atom is -0.317 e. The van der Waals surface area contributed by atoms with Crippen LogP contribution >= 0.6 is 11.6 Å². The van der Waals surface area contributed by atoms with Crippen LogP contribution in [0.1, 0.15) is 0 Å². The summed E-state index contributed by atoms with van der Waals surface area (Å²) in [5.41, 5.74) is 3.47. The summed E-state index contributed by atoms with van der Waals surface area (Å²) in [6.07, 6.45) is 1.86. The molecule has 0 spiro atoms. The third-order valence-electron chi connectivity index (χ3n) is 3.44. The first-order valence-electron chi connectivity index (χ1n) is 6.48. The van der Waals surface area contributed by atoms with Gasteiger partial charge in [0.05, 0.1) is 16.7 Å². The van der Waals surface area contributed by atoms with Gasteiger partial charge in [-0.25, -0.2) is 4.98 Å². The molecule has 0 saturated heterocycles. The van der Waals surface area contributed by atoms with Crippen molar-refractivity contribution in [1.29, 1.82) is 0 Å². The molecule has 2 aromatic heterocycles. The van der Waals surface area contributed by atoms with Gasteiger partial charge in [-0.3, -0.25) is 9.20 Å². The molecular weight excluding hydrogens is 286 g/mol. The van der Waals surface area contributed by atoms with Crippen molar-refractivity contribution in [3.8, 4) is 11.3 Å². The van der Waals surface area contributed by atoms with E-state index in [0.29, 0.717) is 10.7 Å². The summed E-state index contributed by atoms with van der Waals surface area (Å²) < 4.78 is 1.81. The normalized spacial score (nSPS) is 11.3. The van der Waals surface area contributed by atoms with Crippen LogP contribution in [0.3, 0.4) is 0 Å². The third-order valence-corrected chi connectivity index (χ3v) is 3.68. The molecule has 0 unspecified atom stereocenters. The molecule has 1 N–H and O–H groups in total. The number of para-hydroxylation sites is 2. The molecule has 2 aromatic carbocycles. The first kappa shape index (κ1) is 12.2. The molecule has 0 amide bonds. The van der Waals surface area contributed by atoms with Crippen molar-refractivity contribution in [2.24, 2.45) is 0 Å². The highest BCUT2D eigenvalue weighted by Crippen LogP contribution is 2.23. The summed E-state index contributed by atoms with van der Waals surface area (Å²) in [6, 6.07) is 15.1. The highest BCUT2D eigenvalue weighted by Gasteiger charge is 2.10. The zero-order chi connectivity index (χ0) is 14.4. The number of hydrogen-bond acceptors (Lipinski definition) is 2.